The van der Waals surface area contributed by atoms with E-state index in [1.807, 2.05) is 36.5 Å². The third kappa shape index (κ3) is 5.24. The average molecular weight is 448 g/mol. The third-order valence-electron chi connectivity index (χ3n) is 4.50. The first-order chi connectivity index (χ1) is 14.3. The molecule has 0 saturated heterocycles. The standard InChI is InChI=1S/C21H22FN3O3S2/c1-25(2)19(20-8-5-13-29-20)14-23-21(26)15-9-11-16(12-10-15)30(27,28)24-18-7-4-3-6-17(18)22/h3-13,19,24H,14H2,1-2H3,(H,23,26)/t19-/m0/s1. The van der Waals surface area contributed by atoms with E-state index in [1.165, 1.54) is 48.5 Å². The molecule has 3 aromatic rings. The first kappa shape index (κ1) is 21.9. The largest absolute Gasteiger partial charge is 0.350 e. The highest BCUT2D eigenvalue weighted by molar-refractivity contribution is 7.92. The van der Waals surface area contributed by atoms with Crippen LogP contribution in [0.4, 0.5) is 10.1 Å². The molecular weight excluding hydrogens is 425 g/mol. The number of carbonyl (C=O) groups excluding carboxylic acids is 1. The highest BCUT2D eigenvalue weighted by Crippen LogP contribution is 2.23. The van der Waals surface area contributed by atoms with Crippen LogP contribution in [0, 0.1) is 5.82 Å². The van der Waals surface area contributed by atoms with Gasteiger partial charge < -0.3 is 10.2 Å². The van der Waals surface area contributed by atoms with Gasteiger partial charge in [0.1, 0.15) is 5.82 Å². The van der Waals surface area contributed by atoms with Gasteiger partial charge in [-0.3, -0.25) is 9.52 Å². The van der Waals surface area contributed by atoms with E-state index in [-0.39, 0.29) is 22.5 Å². The fourth-order valence-corrected chi connectivity index (χ4v) is 4.83. The van der Waals surface area contributed by atoms with Crippen LogP contribution in [0.3, 0.4) is 0 Å². The summed E-state index contributed by atoms with van der Waals surface area (Å²) in [5.41, 5.74) is 0.200. The van der Waals surface area contributed by atoms with Crippen molar-refractivity contribution in [2.45, 2.75) is 10.9 Å². The Labute approximate surface area is 179 Å². The van der Waals surface area contributed by atoms with Gasteiger partial charge >= 0.3 is 0 Å². The predicted molar refractivity (Wildman–Crippen MR) is 117 cm³/mol. The first-order valence-electron chi connectivity index (χ1n) is 9.13. The number of anilines is 1. The highest BCUT2D eigenvalue weighted by Gasteiger charge is 2.19. The van der Waals surface area contributed by atoms with E-state index in [0.717, 1.165) is 4.88 Å². The maximum absolute atomic E-state index is 13.7. The van der Waals surface area contributed by atoms with E-state index in [9.17, 15) is 17.6 Å². The number of nitrogens with zero attached hydrogens (tertiary/aromatic N) is 1. The summed E-state index contributed by atoms with van der Waals surface area (Å²) in [4.78, 5) is 15.6. The van der Waals surface area contributed by atoms with Crippen LogP contribution in [0.1, 0.15) is 21.3 Å². The number of halogens is 1. The van der Waals surface area contributed by atoms with Crippen molar-refractivity contribution in [3.63, 3.8) is 0 Å². The minimum absolute atomic E-state index is 0.0403. The lowest BCUT2D eigenvalue weighted by atomic mass is 10.2. The number of thiophene rings is 1. The molecule has 158 valence electrons. The summed E-state index contributed by atoms with van der Waals surface area (Å²) in [6.45, 7) is 0.418. The molecule has 0 fully saturated rings. The molecule has 1 atom stereocenters. The van der Waals surface area contributed by atoms with Crippen LogP contribution < -0.4 is 10.0 Å². The van der Waals surface area contributed by atoms with Gasteiger partial charge in [0.05, 0.1) is 16.6 Å². The Balaban J connectivity index is 1.67. The zero-order chi connectivity index (χ0) is 21.7. The summed E-state index contributed by atoms with van der Waals surface area (Å²) in [6, 6.07) is 15.0. The number of amides is 1. The summed E-state index contributed by atoms with van der Waals surface area (Å²) < 4.78 is 40.9. The minimum Gasteiger partial charge on any atom is -0.350 e. The SMILES string of the molecule is CN(C)[C@@H](CNC(=O)c1ccc(S(=O)(=O)Nc2ccccc2F)cc1)c1cccs1. The molecule has 2 aromatic carbocycles. The molecule has 0 spiro atoms. The van der Waals surface area contributed by atoms with Gasteiger partial charge in [-0.25, -0.2) is 12.8 Å². The fourth-order valence-electron chi connectivity index (χ4n) is 2.84. The molecule has 0 saturated carbocycles. The van der Waals surface area contributed by atoms with Gasteiger partial charge in [-0.05, 0) is 61.9 Å². The van der Waals surface area contributed by atoms with E-state index in [1.54, 1.807) is 11.3 Å². The first-order valence-corrected chi connectivity index (χ1v) is 11.5. The molecule has 1 heterocycles. The number of rotatable bonds is 8. The van der Waals surface area contributed by atoms with Gasteiger partial charge in [-0.1, -0.05) is 18.2 Å². The Morgan fingerprint density at radius 1 is 1.07 bits per heavy atom. The minimum atomic E-state index is -3.97. The summed E-state index contributed by atoms with van der Waals surface area (Å²) in [5, 5.41) is 4.87. The monoisotopic (exact) mass is 447 g/mol. The molecule has 0 unspecified atom stereocenters. The van der Waals surface area contributed by atoms with Crippen LogP contribution in [-0.4, -0.2) is 39.9 Å². The molecule has 3 rings (SSSR count). The molecule has 0 radical (unpaired) electrons. The van der Waals surface area contributed by atoms with Crippen LogP contribution in [0.25, 0.3) is 0 Å². The Hall–Kier alpha value is -2.75. The molecule has 1 amide bonds. The number of hydrogen-bond donors (Lipinski definition) is 2. The second-order valence-corrected chi connectivity index (χ2v) is 9.48. The van der Waals surface area contributed by atoms with Crippen LogP contribution in [0.5, 0.6) is 0 Å². The molecule has 0 aliphatic heterocycles. The molecule has 0 bridgehead atoms. The number of nitrogens with one attached hydrogen (secondary N) is 2. The van der Waals surface area contributed by atoms with E-state index in [2.05, 4.69) is 10.0 Å². The maximum atomic E-state index is 13.7. The zero-order valence-electron chi connectivity index (χ0n) is 16.5. The summed E-state index contributed by atoms with van der Waals surface area (Å²) >= 11 is 1.62. The molecule has 6 nitrogen and oxygen atoms in total. The van der Waals surface area contributed by atoms with E-state index >= 15 is 0 Å². The lowest BCUT2D eigenvalue weighted by Gasteiger charge is -2.23. The van der Waals surface area contributed by atoms with Crippen molar-refractivity contribution < 1.29 is 17.6 Å². The van der Waals surface area contributed by atoms with Gasteiger partial charge in [0.2, 0.25) is 0 Å². The van der Waals surface area contributed by atoms with Gasteiger partial charge in [0.15, 0.2) is 0 Å². The third-order valence-corrected chi connectivity index (χ3v) is 6.85. The van der Waals surface area contributed by atoms with Crippen molar-refractivity contribution in [1.82, 2.24) is 10.2 Å². The van der Waals surface area contributed by atoms with Crippen molar-refractivity contribution in [3.8, 4) is 0 Å². The van der Waals surface area contributed by atoms with Gasteiger partial charge in [0.25, 0.3) is 15.9 Å². The molecule has 0 aliphatic carbocycles. The van der Waals surface area contributed by atoms with Gasteiger partial charge in [-0.15, -0.1) is 11.3 Å². The molecular formula is C21H22FN3O3S2. The Bertz CT molecular complexity index is 1100. The quantitative estimate of drug-likeness (QED) is 0.552. The lowest BCUT2D eigenvalue weighted by molar-refractivity contribution is 0.0942. The summed E-state index contributed by atoms with van der Waals surface area (Å²) in [7, 11) is -0.0854. The van der Waals surface area contributed by atoms with Gasteiger partial charge in [0, 0.05) is 17.0 Å². The second-order valence-electron chi connectivity index (χ2n) is 6.81. The Morgan fingerprint density at radius 2 is 1.77 bits per heavy atom. The molecule has 9 heteroatoms. The smallest absolute Gasteiger partial charge is 0.261 e. The van der Waals surface area contributed by atoms with E-state index in [0.29, 0.717) is 12.1 Å². The summed E-state index contributed by atoms with van der Waals surface area (Å²) in [5.74, 6) is -0.970. The van der Waals surface area contributed by atoms with Crippen molar-refractivity contribution in [2.75, 3.05) is 25.4 Å². The molecule has 1 aromatic heterocycles. The van der Waals surface area contributed by atoms with Crippen LogP contribution in [0.2, 0.25) is 0 Å². The number of likely N-dealkylation sites (N-methyl/N-ethyl adjacent to an activating group) is 1. The van der Waals surface area contributed by atoms with Crippen LogP contribution in [-0.2, 0) is 10.0 Å². The topological polar surface area (TPSA) is 78.5 Å². The normalized spacial score (nSPS) is 12.5. The molecule has 0 aliphatic rings. The number of benzene rings is 2. The number of sulfonamides is 1. The number of hydrogen-bond acceptors (Lipinski definition) is 5. The van der Waals surface area contributed by atoms with E-state index < -0.39 is 15.8 Å². The maximum Gasteiger partial charge on any atom is 0.261 e. The second kappa shape index (κ2) is 9.38. The molecule has 2 N–H and O–H groups in total. The highest BCUT2D eigenvalue weighted by atomic mass is 32.2. The van der Waals surface area contributed by atoms with Crippen LogP contribution >= 0.6 is 11.3 Å². The zero-order valence-corrected chi connectivity index (χ0v) is 18.1. The molecule has 30 heavy (non-hydrogen) atoms. The Kier molecular flexibility index (Phi) is 6.86. The van der Waals surface area contributed by atoms with Crippen molar-refractivity contribution in [2.24, 2.45) is 0 Å². The van der Waals surface area contributed by atoms with Crippen LogP contribution in [0.15, 0.2) is 70.9 Å². The average Bonchev–Trinajstić information content (AvgIpc) is 3.24. The van der Waals surface area contributed by atoms with Gasteiger partial charge in [-0.2, -0.15) is 0 Å². The number of carbonyl (C=O) groups is 1. The lowest BCUT2D eigenvalue weighted by Crippen LogP contribution is -2.34. The van der Waals surface area contributed by atoms with Crippen molar-refractivity contribution in [1.29, 1.82) is 0 Å². The predicted octanol–water partition coefficient (Wildman–Crippen LogP) is 3.72. The fraction of sp³-hybridized carbons (Fsp3) is 0.190. The Morgan fingerprint density at radius 3 is 2.37 bits per heavy atom. The van der Waals surface area contributed by atoms with E-state index in [4.69, 9.17) is 0 Å². The summed E-state index contributed by atoms with van der Waals surface area (Å²) in [6.07, 6.45) is 0. The van der Waals surface area contributed by atoms with Crippen molar-refractivity contribution >= 4 is 33.0 Å². The number of para-hydroxylation sites is 1. The van der Waals surface area contributed by atoms with Crippen molar-refractivity contribution in [3.05, 3.63) is 82.3 Å².